The maximum absolute atomic E-state index is 12.8. The molecular formula is C22H34N4O4S. The number of carbonyl (C=O) groups is 1. The van der Waals surface area contributed by atoms with Crippen LogP contribution in [-0.2, 0) is 14.6 Å². The van der Waals surface area contributed by atoms with Crippen molar-refractivity contribution < 1.29 is 17.9 Å². The third-order valence-corrected chi connectivity index (χ3v) is 8.83. The molecular weight excluding hydrogens is 416 g/mol. The van der Waals surface area contributed by atoms with Gasteiger partial charge in [0.25, 0.3) is 0 Å². The number of ether oxygens (including phenoxy) is 1. The quantitative estimate of drug-likeness (QED) is 0.747. The van der Waals surface area contributed by atoms with E-state index in [2.05, 4.69) is 15.5 Å². The van der Waals surface area contributed by atoms with E-state index in [-0.39, 0.29) is 22.4 Å². The van der Waals surface area contributed by atoms with Crippen LogP contribution in [0, 0.1) is 11.8 Å². The van der Waals surface area contributed by atoms with Crippen molar-refractivity contribution in [1.29, 1.82) is 0 Å². The molecule has 2 saturated carbocycles. The summed E-state index contributed by atoms with van der Waals surface area (Å²) < 4.78 is 31.1. The molecule has 8 nitrogen and oxygen atoms in total. The second-order valence-corrected chi connectivity index (χ2v) is 12.5. The van der Waals surface area contributed by atoms with Crippen LogP contribution in [0.25, 0.3) is 0 Å². The van der Waals surface area contributed by atoms with E-state index in [1.807, 2.05) is 25.7 Å². The van der Waals surface area contributed by atoms with Gasteiger partial charge in [-0.2, -0.15) is 0 Å². The van der Waals surface area contributed by atoms with Crippen LogP contribution in [0.4, 0.5) is 10.6 Å². The summed E-state index contributed by atoms with van der Waals surface area (Å²) in [5.74, 6) is 1.50. The van der Waals surface area contributed by atoms with Gasteiger partial charge in [0.15, 0.2) is 14.9 Å². The SMILES string of the molecule is CC(C)(C)OC(=O)N1C[C@H]2CC(Nc3ccc(S(=O)(=O)C4CCCCC4)nn3)C[C@H]2C1. The molecule has 3 aliphatic rings. The van der Waals surface area contributed by atoms with E-state index in [4.69, 9.17) is 4.74 Å². The van der Waals surface area contributed by atoms with Gasteiger partial charge < -0.3 is 15.0 Å². The van der Waals surface area contributed by atoms with E-state index in [1.54, 1.807) is 12.1 Å². The molecule has 2 heterocycles. The highest BCUT2D eigenvalue weighted by Crippen LogP contribution is 2.39. The molecule has 9 heteroatoms. The van der Waals surface area contributed by atoms with Crippen LogP contribution in [0.3, 0.4) is 0 Å². The van der Waals surface area contributed by atoms with Gasteiger partial charge >= 0.3 is 6.09 Å². The van der Waals surface area contributed by atoms with Gasteiger partial charge in [0.1, 0.15) is 11.4 Å². The van der Waals surface area contributed by atoms with Gasteiger partial charge in [-0.25, -0.2) is 13.2 Å². The number of sulfone groups is 1. The molecule has 0 aromatic carbocycles. The highest BCUT2D eigenvalue weighted by molar-refractivity contribution is 7.92. The van der Waals surface area contributed by atoms with Gasteiger partial charge in [0, 0.05) is 19.1 Å². The predicted octanol–water partition coefficient (Wildman–Crippen LogP) is 3.64. The number of fused-ring (bicyclic) bond motifs is 1. The molecule has 0 spiro atoms. The number of aromatic nitrogens is 2. The topological polar surface area (TPSA) is 101 Å². The first kappa shape index (κ1) is 22.3. The lowest BCUT2D eigenvalue weighted by molar-refractivity contribution is 0.0280. The van der Waals surface area contributed by atoms with Crippen LogP contribution in [-0.4, -0.2) is 59.6 Å². The summed E-state index contributed by atoms with van der Waals surface area (Å²) in [6.45, 7) is 7.10. The fourth-order valence-electron chi connectivity index (χ4n) is 5.20. The maximum atomic E-state index is 12.8. The predicted molar refractivity (Wildman–Crippen MR) is 118 cm³/mol. The molecule has 1 aromatic rings. The molecule has 3 atom stereocenters. The van der Waals surface area contributed by atoms with Crippen LogP contribution in [0.5, 0.6) is 0 Å². The summed E-state index contributed by atoms with van der Waals surface area (Å²) in [5.41, 5.74) is -0.478. The van der Waals surface area contributed by atoms with E-state index < -0.39 is 15.4 Å². The second-order valence-electron chi connectivity index (χ2n) is 10.3. The van der Waals surface area contributed by atoms with Gasteiger partial charge in [-0.05, 0) is 70.4 Å². The number of nitrogens with zero attached hydrogens (tertiary/aromatic N) is 3. The van der Waals surface area contributed by atoms with Crippen LogP contribution >= 0.6 is 0 Å². The molecule has 1 aromatic heterocycles. The van der Waals surface area contributed by atoms with E-state index in [0.717, 1.165) is 58.0 Å². The van der Waals surface area contributed by atoms with Gasteiger partial charge in [0.05, 0.1) is 5.25 Å². The highest BCUT2D eigenvalue weighted by Gasteiger charge is 2.43. The molecule has 0 bridgehead atoms. The number of carbonyl (C=O) groups excluding carboxylic acids is 1. The molecule has 1 N–H and O–H groups in total. The van der Waals surface area contributed by atoms with Crippen LogP contribution in [0.15, 0.2) is 17.2 Å². The highest BCUT2D eigenvalue weighted by atomic mass is 32.2. The third-order valence-electron chi connectivity index (χ3n) is 6.68. The Morgan fingerprint density at radius 3 is 2.26 bits per heavy atom. The Morgan fingerprint density at radius 2 is 1.71 bits per heavy atom. The molecule has 1 amide bonds. The number of hydrogen-bond donors (Lipinski definition) is 1. The first-order valence-corrected chi connectivity index (χ1v) is 13.0. The van der Waals surface area contributed by atoms with Crippen LogP contribution in [0.2, 0.25) is 0 Å². The van der Waals surface area contributed by atoms with E-state index >= 15 is 0 Å². The van der Waals surface area contributed by atoms with Crippen molar-refractivity contribution in [2.24, 2.45) is 11.8 Å². The largest absolute Gasteiger partial charge is 0.444 e. The van der Waals surface area contributed by atoms with Crippen molar-refractivity contribution >= 4 is 21.7 Å². The minimum atomic E-state index is -3.40. The first-order chi connectivity index (χ1) is 14.6. The number of amides is 1. The zero-order valence-corrected chi connectivity index (χ0v) is 19.5. The molecule has 1 saturated heterocycles. The second kappa shape index (κ2) is 8.56. The number of nitrogens with one attached hydrogen (secondary N) is 1. The molecule has 3 fully saturated rings. The Kier molecular flexibility index (Phi) is 6.16. The van der Waals surface area contributed by atoms with Gasteiger partial charge in [0.2, 0.25) is 0 Å². The fourth-order valence-corrected chi connectivity index (χ4v) is 6.91. The van der Waals surface area contributed by atoms with Crippen molar-refractivity contribution in [3.8, 4) is 0 Å². The van der Waals surface area contributed by atoms with Gasteiger partial charge in [-0.1, -0.05) is 19.3 Å². The standard InChI is InChI=1S/C22H34N4O4S/c1-22(2,3)30-21(27)26-13-15-11-17(12-16(15)14-26)23-19-9-10-20(25-24-19)31(28,29)18-7-5-4-6-8-18/h9-10,15-18H,4-8,11-14H2,1-3H3,(H,23,24)/t15-,16+,17?. The van der Waals surface area contributed by atoms with Crippen molar-refractivity contribution in [1.82, 2.24) is 15.1 Å². The Labute approximate surface area is 185 Å². The lowest BCUT2D eigenvalue weighted by Gasteiger charge is -2.25. The summed E-state index contributed by atoms with van der Waals surface area (Å²) in [6.07, 6.45) is 6.15. The van der Waals surface area contributed by atoms with Crippen molar-refractivity contribution in [2.75, 3.05) is 18.4 Å². The summed E-state index contributed by atoms with van der Waals surface area (Å²) in [5, 5.41) is 11.4. The maximum Gasteiger partial charge on any atom is 0.410 e. The summed E-state index contributed by atoms with van der Waals surface area (Å²) in [4.78, 5) is 14.1. The average molecular weight is 451 g/mol. The Morgan fingerprint density at radius 1 is 1.06 bits per heavy atom. The zero-order valence-electron chi connectivity index (χ0n) is 18.7. The minimum absolute atomic E-state index is 0.0845. The van der Waals surface area contributed by atoms with E-state index in [9.17, 15) is 13.2 Å². The molecule has 0 radical (unpaired) electrons. The summed E-state index contributed by atoms with van der Waals surface area (Å²) >= 11 is 0. The molecule has 2 aliphatic carbocycles. The summed E-state index contributed by atoms with van der Waals surface area (Å²) in [7, 11) is -3.40. The molecule has 31 heavy (non-hydrogen) atoms. The third kappa shape index (κ3) is 5.13. The number of hydrogen-bond acceptors (Lipinski definition) is 7. The van der Waals surface area contributed by atoms with Crippen LogP contribution in [0.1, 0.15) is 65.7 Å². The lowest BCUT2D eigenvalue weighted by Crippen LogP contribution is -2.36. The molecule has 1 unspecified atom stereocenters. The average Bonchev–Trinajstić information content (AvgIpc) is 3.26. The fraction of sp³-hybridized carbons (Fsp3) is 0.773. The first-order valence-electron chi connectivity index (χ1n) is 11.4. The van der Waals surface area contributed by atoms with Gasteiger partial charge in [-0.15, -0.1) is 10.2 Å². The number of likely N-dealkylation sites (tertiary alicyclic amines) is 1. The monoisotopic (exact) mass is 450 g/mol. The Hall–Kier alpha value is -1.90. The van der Waals surface area contributed by atoms with Crippen molar-refractivity contribution in [3.63, 3.8) is 0 Å². The lowest BCUT2D eigenvalue weighted by atomic mass is 10.0. The minimum Gasteiger partial charge on any atom is -0.444 e. The van der Waals surface area contributed by atoms with Crippen molar-refractivity contribution in [3.05, 3.63) is 12.1 Å². The van der Waals surface area contributed by atoms with Crippen molar-refractivity contribution in [2.45, 2.75) is 87.6 Å². The smallest absolute Gasteiger partial charge is 0.410 e. The molecule has 1 aliphatic heterocycles. The summed E-state index contributed by atoms with van der Waals surface area (Å²) in [6, 6.07) is 3.56. The van der Waals surface area contributed by atoms with E-state index in [0.29, 0.717) is 17.7 Å². The normalized spacial score (nSPS) is 27.2. The molecule has 4 rings (SSSR count). The number of anilines is 1. The Bertz CT molecular complexity index is 877. The van der Waals surface area contributed by atoms with Gasteiger partial charge in [-0.3, -0.25) is 0 Å². The Balaban J connectivity index is 1.30. The molecule has 172 valence electrons. The van der Waals surface area contributed by atoms with Crippen LogP contribution < -0.4 is 5.32 Å². The van der Waals surface area contributed by atoms with E-state index in [1.165, 1.54) is 0 Å². The zero-order chi connectivity index (χ0) is 22.2. The number of rotatable bonds is 4.